The van der Waals surface area contributed by atoms with Crippen LogP contribution in [0, 0.1) is 5.82 Å². The number of carbonyl (C=O) groups is 1. The van der Waals surface area contributed by atoms with E-state index < -0.39 is 5.82 Å². The van der Waals surface area contributed by atoms with E-state index in [0.717, 1.165) is 6.42 Å². The van der Waals surface area contributed by atoms with Gasteiger partial charge in [0, 0.05) is 32.3 Å². The van der Waals surface area contributed by atoms with Crippen LogP contribution < -0.4 is 15.4 Å². The summed E-state index contributed by atoms with van der Waals surface area (Å²) in [4.78, 5) is 15.2. The Hall–Kier alpha value is -1.98. The topological polar surface area (TPSA) is 58.8 Å². The fourth-order valence-corrected chi connectivity index (χ4v) is 2.17. The van der Waals surface area contributed by atoms with Crippen molar-refractivity contribution < 1.29 is 13.9 Å². The minimum absolute atomic E-state index is 0.0207. The Labute approximate surface area is 111 Å². The fourth-order valence-electron chi connectivity index (χ4n) is 2.17. The number of halogens is 1. The van der Waals surface area contributed by atoms with E-state index in [2.05, 4.69) is 0 Å². The molecule has 1 saturated heterocycles. The first-order valence-electron chi connectivity index (χ1n) is 6.15. The summed E-state index contributed by atoms with van der Waals surface area (Å²) in [6.45, 7) is 1.48. The summed E-state index contributed by atoms with van der Waals surface area (Å²) in [5.74, 6) is -0.0372. The first-order chi connectivity index (χ1) is 9.02. The van der Waals surface area contributed by atoms with Crippen molar-refractivity contribution in [3.8, 4) is 5.75 Å². The maximum atomic E-state index is 14.0. The molecule has 0 spiro atoms. The molecule has 0 saturated carbocycles. The number of nitrogens with zero attached hydrogens (tertiary/aromatic N) is 2. The van der Waals surface area contributed by atoms with Crippen LogP contribution in [0.15, 0.2) is 12.1 Å². The molecule has 0 radical (unpaired) electrons. The van der Waals surface area contributed by atoms with Gasteiger partial charge in [-0.25, -0.2) is 4.39 Å². The number of nitrogens with two attached hydrogens (primary N) is 1. The molecule has 1 aromatic carbocycles. The first kappa shape index (κ1) is 13.5. The van der Waals surface area contributed by atoms with Crippen LogP contribution in [0.1, 0.15) is 6.42 Å². The Balaban J connectivity index is 2.32. The summed E-state index contributed by atoms with van der Waals surface area (Å²) in [7, 11) is 3.24. The largest absolute Gasteiger partial charge is 0.495 e. The van der Waals surface area contributed by atoms with E-state index in [4.69, 9.17) is 10.5 Å². The van der Waals surface area contributed by atoms with Crippen LogP contribution in [0.25, 0.3) is 0 Å². The molecule has 5 nitrogen and oxygen atoms in total. The van der Waals surface area contributed by atoms with Crippen molar-refractivity contribution in [2.75, 3.05) is 44.4 Å². The van der Waals surface area contributed by atoms with Crippen LogP contribution in [-0.4, -0.2) is 44.6 Å². The molecule has 1 amide bonds. The van der Waals surface area contributed by atoms with Gasteiger partial charge < -0.3 is 20.3 Å². The van der Waals surface area contributed by atoms with Gasteiger partial charge in [0.1, 0.15) is 11.6 Å². The van der Waals surface area contributed by atoms with Gasteiger partial charge in [0.05, 0.1) is 25.0 Å². The fraction of sp³-hybridized carbons (Fsp3) is 0.462. The maximum absolute atomic E-state index is 14.0. The number of amides is 1. The van der Waals surface area contributed by atoms with Crippen molar-refractivity contribution >= 4 is 17.3 Å². The van der Waals surface area contributed by atoms with Gasteiger partial charge >= 0.3 is 0 Å². The highest BCUT2D eigenvalue weighted by Crippen LogP contribution is 2.31. The van der Waals surface area contributed by atoms with Crippen LogP contribution in [0.3, 0.4) is 0 Å². The second kappa shape index (κ2) is 5.34. The summed E-state index contributed by atoms with van der Waals surface area (Å²) in [6, 6.07) is 2.77. The lowest BCUT2D eigenvalue weighted by atomic mass is 10.2. The molecule has 104 valence electrons. The van der Waals surface area contributed by atoms with Crippen LogP contribution in [0.2, 0.25) is 0 Å². The molecule has 1 heterocycles. The smallest absolute Gasteiger partial charge is 0.241 e. The second-order valence-corrected chi connectivity index (χ2v) is 4.64. The Morgan fingerprint density at radius 2 is 2.11 bits per heavy atom. The zero-order chi connectivity index (χ0) is 14.0. The molecule has 1 fully saturated rings. The van der Waals surface area contributed by atoms with Gasteiger partial charge in [0.15, 0.2) is 0 Å². The third-order valence-corrected chi connectivity index (χ3v) is 3.31. The van der Waals surface area contributed by atoms with Crippen LogP contribution in [0.5, 0.6) is 5.75 Å². The Morgan fingerprint density at radius 1 is 1.37 bits per heavy atom. The molecule has 2 N–H and O–H groups in total. The Morgan fingerprint density at radius 3 is 2.79 bits per heavy atom. The van der Waals surface area contributed by atoms with Crippen LogP contribution in [-0.2, 0) is 4.79 Å². The number of ether oxygens (including phenoxy) is 1. The predicted octanol–water partition coefficient (Wildman–Crippen LogP) is 1.08. The molecule has 0 aliphatic carbocycles. The predicted molar refractivity (Wildman–Crippen MR) is 71.8 cm³/mol. The monoisotopic (exact) mass is 267 g/mol. The summed E-state index contributed by atoms with van der Waals surface area (Å²) < 4.78 is 19.1. The quantitative estimate of drug-likeness (QED) is 0.815. The van der Waals surface area contributed by atoms with E-state index in [-0.39, 0.29) is 18.1 Å². The van der Waals surface area contributed by atoms with E-state index in [9.17, 15) is 9.18 Å². The van der Waals surface area contributed by atoms with E-state index in [1.807, 2.05) is 0 Å². The normalized spacial score (nSPS) is 16.5. The highest BCUT2D eigenvalue weighted by atomic mass is 19.1. The summed E-state index contributed by atoms with van der Waals surface area (Å²) in [6.07, 6.45) is 0.800. The molecule has 6 heteroatoms. The van der Waals surface area contributed by atoms with E-state index in [0.29, 0.717) is 24.5 Å². The molecule has 19 heavy (non-hydrogen) atoms. The minimum Gasteiger partial charge on any atom is -0.495 e. The van der Waals surface area contributed by atoms with Gasteiger partial charge in [0.25, 0.3) is 0 Å². The molecule has 0 aromatic heterocycles. The maximum Gasteiger partial charge on any atom is 0.241 e. The van der Waals surface area contributed by atoms with Gasteiger partial charge in [-0.3, -0.25) is 4.79 Å². The number of nitrogen functional groups attached to an aromatic ring is 1. The summed E-state index contributed by atoms with van der Waals surface area (Å²) >= 11 is 0. The lowest BCUT2D eigenvalue weighted by Crippen LogP contribution is -2.34. The van der Waals surface area contributed by atoms with Crippen molar-refractivity contribution in [1.29, 1.82) is 0 Å². The molecule has 1 aliphatic heterocycles. The molecule has 0 atom stereocenters. The van der Waals surface area contributed by atoms with Gasteiger partial charge in [-0.05, 0) is 6.42 Å². The number of likely N-dealkylation sites (N-methyl/N-ethyl adjacent to an activating group) is 1. The third kappa shape index (κ3) is 2.72. The molecular formula is C13H18FN3O2. The number of benzene rings is 1. The first-order valence-corrected chi connectivity index (χ1v) is 6.15. The average molecular weight is 267 g/mol. The number of methoxy groups -OCH3 is 1. The lowest BCUT2D eigenvalue weighted by Gasteiger charge is -2.23. The van der Waals surface area contributed by atoms with Crippen LogP contribution in [0.4, 0.5) is 15.8 Å². The average Bonchev–Trinajstić information content (AvgIpc) is 2.52. The SMILES string of the molecule is COc1cc(N2CCCN(C)C(=O)C2)c(F)cc1N. The summed E-state index contributed by atoms with van der Waals surface area (Å²) in [5, 5.41) is 0. The number of rotatable bonds is 2. The van der Waals surface area contributed by atoms with Crippen molar-refractivity contribution in [3.63, 3.8) is 0 Å². The van der Waals surface area contributed by atoms with E-state index in [1.165, 1.54) is 13.2 Å². The number of hydrogen-bond donors (Lipinski definition) is 1. The summed E-state index contributed by atoms with van der Waals surface area (Å²) in [5.41, 5.74) is 6.26. The third-order valence-electron chi connectivity index (χ3n) is 3.31. The molecule has 0 unspecified atom stereocenters. The second-order valence-electron chi connectivity index (χ2n) is 4.64. The standard InChI is InChI=1S/C13H18FN3O2/c1-16-4-3-5-17(8-13(16)18)11-7-12(19-2)10(15)6-9(11)14/h6-7H,3-5,8,15H2,1-2H3. The van der Waals surface area contributed by atoms with Gasteiger partial charge in [-0.15, -0.1) is 0 Å². The van der Waals surface area contributed by atoms with Gasteiger partial charge in [-0.2, -0.15) is 0 Å². The zero-order valence-corrected chi connectivity index (χ0v) is 11.1. The molecular weight excluding hydrogens is 249 g/mol. The number of hydrogen-bond acceptors (Lipinski definition) is 4. The Kier molecular flexibility index (Phi) is 3.78. The molecule has 0 bridgehead atoms. The minimum atomic E-state index is -0.435. The highest BCUT2D eigenvalue weighted by Gasteiger charge is 2.22. The number of carbonyl (C=O) groups excluding carboxylic acids is 1. The van der Waals surface area contributed by atoms with Crippen molar-refractivity contribution in [2.45, 2.75) is 6.42 Å². The number of anilines is 2. The van der Waals surface area contributed by atoms with E-state index in [1.54, 1.807) is 22.9 Å². The van der Waals surface area contributed by atoms with Crippen LogP contribution >= 0.6 is 0 Å². The van der Waals surface area contributed by atoms with Crippen molar-refractivity contribution in [1.82, 2.24) is 4.90 Å². The van der Waals surface area contributed by atoms with Gasteiger partial charge in [0.2, 0.25) is 5.91 Å². The molecule has 1 aromatic rings. The lowest BCUT2D eigenvalue weighted by molar-refractivity contribution is -0.127. The Bertz CT molecular complexity index is 493. The van der Waals surface area contributed by atoms with E-state index >= 15 is 0 Å². The highest BCUT2D eigenvalue weighted by molar-refractivity contribution is 5.82. The van der Waals surface area contributed by atoms with Gasteiger partial charge in [-0.1, -0.05) is 0 Å². The molecule has 2 rings (SSSR count). The van der Waals surface area contributed by atoms with Crippen molar-refractivity contribution in [2.24, 2.45) is 0 Å². The zero-order valence-electron chi connectivity index (χ0n) is 11.1. The van der Waals surface area contributed by atoms with Crippen molar-refractivity contribution in [3.05, 3.63) is 17.9 Å². The molecule has 1 aliphatic rings.